The van der Waals surface area contributed by atoms with Gasteiger partial charge in [0.25, 0.3) is 5.91 Å². The standard InChI is InChI=1S/C23H32BNO3/c1-21(2)22(3,4)28-24(27-21)15-9-12-18-16-19-13-14-23(18,5)25(19)20(26)17-10-7-6-8-11-17/h6-12,18-19H,13-16H2,1-5H3/b12-9+/t18-,19-,23+/m1/s1. The molecule has 0 saturated carbocycles. The molecule has 1 aromatic rings. The van der Waals surface area contributed by atoms with Crippen LogP contribution in [0.3, 0.4) is 0 Å². The Morgan fingerprint density at radius 3 is 2.43 bits per heavy atom. The van der Waals surface area contributed by atoms with Crippen molar-refractivity contribution in [1.82, 2.24) is 4.90 Å². The average Bonchev–Trinajstić information content (AvgIpc) is 3.18. The van der Waals surface area contributed by atoms with Crippen LogP contribution in [0.5, 0.6) is 0 Å². The van der Waals surface area contributed by atoms with Crippen LogP contribution in [0.2, 0.25) is 6.32 Å². The molecule has 3 fully saturated rings. The maximum absolute atomic E-state index is 13.1. The SMILES string of the molecule is CC1(C)OB(C/C=C/[C@@H]2C[C@H]3CC[C@]2(C)N3C(=O)c2ccccc2)OC1(C)C. The zero-order valence-corrected chi connectivity index (χ0v) is 17.8. The smallest absolute Gasteiger partial charge is 0.403 e. The molecule has 4 nitrogen and oxygen atoms in total. The highest BCUT2D eigenvalue weighted by molar-refractivity contribution is 6.46. The summed E-state index contributed by atoms with van der Waals surface area (Å²) in [7, 11) is -0.199. The molecule has 3 heterocycles. The van der Waals surface area contributed by atoms with Gasteiger partial charge in [0.1, 0.15) is 0 Å². The number of fused-ring (bicyclic) bond motifs is 2. The van der Waals surface area contributed by atoms with Gasteiger partial charge in [-0.05, 0) is 66.0 Å². The fourth-order valence-electron chi connectivity index (χ4n) is 5.08. The Morgan fingerprint density at radius 1 is 1.14 bits per heavy atom. The van der Waals surface area contributed by atoms with Gasteiger partial charge in [0.15, 0.2) is 0 Å². The van der Waals surface area contributed by atoms with Crippen LogP contribution in [-0.4, -0.2) is 40.7 Å². The number of hydrogen-bond donors (Lipinski definition) is 0. The molecule has 3 atom stereocenters. The van der Waals surface area contributed by atoms with Gasteiger partial charge >= 0.3 is 7.12 Å². The van der Waals surface area contributed by atoms with E-state index in [1.165, 1.54) is 0 Å². The van der Waals surface area contributed by atoms with Crippen molar-refractivity contribution in [3.63, 3.8) is 0 Å². The van der Waals surface area contributed by atoms with Crippen LogP contribution in [0.25, 0.3) is 0 Å². The van der Waals surface area contributed by atoms with Crippen LogP contribution in [0, 0.1) is 5.92 Å². The van der Waals surface area contributed by atoms with Crippen LogP contribution in [0.4, 0.5) is 0 Å². The van der Waals surface area contributed by atoms with Crippen molar-refractivity contribution in [1.29, 1.82) is 0 Å². The molecule has 0 spiro atoms. The highest BCUT2D eigenvalue weighted by Crippen LogP contribution is 2.51. The third-order valence-corrected chi connectivity index (χ3v) is 7.46. The number of nitrogens with zero attached hydrogens (tertiary/aromatic N) is 1. The van der Waals surface area contributed by atoms with Gasteiger partial charge < -0.3 is 14.2 Å². The number of amides is 1. The van der Waals surface area contributed by atoms with Crippen LogP contribution in [0.15, 0.2) is 42.5 Å². The first-order valence-corrected chi connectivity index (χ1v) is 10.6. The Labute approximate surface area is 169 Å². The van der Waals surface area contributed by atoms with E-state index in [0.29, 0.717) is 12.0 Å². The van der Waals surface area contributed by atoms with Crippen LogP contribution < -0.4 is 0 Å². The van der Waals surface area contributed by atoms with Crippen molar-refractivity contribution in [3.05, 3.63) is 48.0 Å². The fourth-order valence-corrected chi connectivity index (χ4v) is 5.08. The third-order valence-electron chi connectivity index (χ3n) is 7.46. The first-order valence-electron chi connectivity index (χ1n) is 10.6. The average molecular weight is 381 g/mol. The molecule has 0 radical (unpaired) electrons. The van der Waals surface area contributed by atoms with Crippen molar-refractivity contribution in [2.24, 2.45) is 5.92 Å². The second kappa shape index (κ2) is 6.74. The van der Waals surface area contributed by atoms with Crippen LogP contribution in [0.1, 0.15) is 64.2 Å². The summed E-state index contributed by atoms with van der Waals surface area (Å²) >= 11 is 0. The number of rotatable bonds is 4. The maximum Gasteiger partial charge on any atom is 0.461 e. The lowest BCUT2D eigenvalue weighted by Gasteiger charge is -2.35. The van der Waals surface area contributed by atoms with Crippen molar-refractivity contribution in [2.75, 3.05) is 0 Å². The second-order valence-electron chi connectivity index (χ2n) is 9.78. The van der Waals surface area contributed by atoms with Crippen molar-refractivity contribution < 1.29 is 14.1 Å². The lowest BCUT2D eigenvalue weighted by molar-refractivity contribution is 0.00578. The molecule has 0 unspecified atom stereocenters. The van der Waals surface area contributed by atoms with Crippen molar-refractivity contribution >= 4 is 13.0 Å². The fraction of sp³-hybridized carbons (Fsp3) is 0.609. The number of hydrogen-bond acceptors (Lipinski definition) is 3. The molecule has 28 heavy (non-hydrogen) atoms. The van der Waals surface area contributed by atoms with Gasteiger partial charge in [0, 0.05) is 29.4 Å². The topological polar surface area (TPSA) is 38.8 Å². The van der Waals surface area contributed by atoms with E-state index in [-0.39, 0.29) is 29.8 Å². The van der Waals surface area contributed by atoms with Crippen molar-refractivity contribution in [2.45, 2.75) is 83.0 Å². The van der Waals surface area contributed by atoms with Crippen LogP contribution >= 0.6 is 0 Å². The van der Waals surface area contributed by atoms with E-state index < -0.39 is 0 Å². The zero-order valence-electron chi connectivity index (χ0n) is 17.8. The quantitative estimate of drug-likeness (QED) is 0.560. The van der Waals surface area contributed by atoms with E-state index in [1.54, 1.807) is 0 Å². The highest BCUT2D eigenvalue weighted by Gasteiger charge is 2.56. The normalized spacial score (nSPS) is 33.2. The minimum absolute atomic E-state index is 0.0932. The molecule has 3 aliphatic rings. The molecular weight excluding hydrogens is 349 g/mol. The molecule has 0 aromatic heterocycles. The molecule has 2 bridgehead atoms. The van der Waals surface area contributed by atoms with Crippen molar-refractivity contribution in [3.8, 4) is 0 Å². The first kappa shape index (κ1) is 19.7. The van der Waals surface area contributed by atoms with E-state index >= 15 is 0 Å². The minimum atomic E-state index is -0.289. The maximum atomic E-state index is 13.1. The Hall–Kier alpha value is -1.59. The molecule has 150 valence electrons. The van der Waals surface area contributed by atoms with Gasteiger partial charge in [-0.2, -0.15) is 0 Å². The summed E-state index contributed by atoms with van der Waals surface area (Å²) in [6.07, 6.45) is 8.48. The lowest BCUT2D eigenvalue weighted by atomic mass is 9.77. The van der Waals surface area contributed by atoms with Gasteiger partial charge in [0.2, 0.25) is 0 Å². The predicted molar refractivity (Wildman–Crippen MR) is 112 cm³/mol. The highest BCUT2D eigenvalue weighted by atomic mass is 16.7. The largest absolute Gasteiger partial charge is 0.461 e. The number of allylic oxidation sites excluding steroid dienone is 1. The molecule has 0 N–H and O–H groups in total. The van der Waals surface area contributed by atoms with Crippen LogP contribution in [-0.2, 0) is 9.31 Å². The van der Waals surface area contributed by atoms with E-state index in [0.717, 1.165) is 31.1 Å². The number of carbonyl (C=O) groups excluding carboxylic acids is 1. The third kappa shape index (κ3) is 3.13. The molecular formula is C23H32BNO3. The van der Waals surface area contributed by atoms with Gasteiger partial charge in [-0.1, -0.05) is 30.4 Å². The molecule has 3 saturated heterocycles. The zero-order chi connectivity index (χ0) is 20.2. The van der Waals surface area contributed by atoms with Gasteiger partial charge in [-0.15, -0.1) is 0 Å². The van der Waals surface area contributed by atoms with E-state index in [1.807, 2.05) is 30.3 Å². The second-order valence-corrected chi connectivity index (χ2v) is 9.78. The Bertz CT molecular complexity index is 759. The Morgan fingerprint density at radius 2 is 1.79 bits per heavy atom. The molecule has 4 rings (SSSR count). The van der Waals surface area contributed by atoms with E-state index in [2.05, 4.69) is 51.7 Å². The summed E-state index contributed by atoms with van der Waals surface area (Å²) in [5, 5.41) is 0. The summed E-state index contributed by atoms with van der Waals surface area (Å²) < 4.78 is 12.2. The molecule has 1 aromatic carbocycles. The van der Waals surface area contributed by atoms with E-state index in [9.17, 15) is 4.79 Å². The molecule has 0 aliphatic carbocycles. The first-order chi connectivity index (χ1) is 13.1. The summed E-state index contributed by atoms with van der Waals surface area (Å²) in [5.41, 5.74) is 0.123. The Kier molecular flexibility index (Phi) is 4.75. The summed E-state index contributed by atoms with van der Waals surface area (Å²) in [4.78, 5) is 15.3. The monoisotopic (exact) mass is 381 g/mol. The van der Waals surface area contributed by atoms with Gasteiger partial charge in [0.05, 0.1) is 11.2 Å². The minimum Gasteiger partial charge on any atom is -0.403 e. The molecule has 1 amide bonds. The Balaban J connectivity index is 1.43. The van der Waals surface area contributed by atoms with E-state index in [4.69, 9.17) is 9.31 Å². The summed E-state index contributed by atoms with van der Waals surface area (Å²) in [5.74, 6) is 0.564. The molecule has 3 aliphatic heterocycles. The van der Waals surface area contributed by atoms with Gasteiger partial charge in [-0.3, -0.25) is 4.79 Å². The molecule has 5 heteroatoms. The number of carbonyl (C=O) groups is 1. The summed E-state index contributed by atoms with van der Waals surface area (Å²) in [6, 6.07) is 10.0. The summed E-state index contributed by atoms with van der Waals surface area (Å²) in [6.45, 7) is 10.6. The number of benzene rings is 1. The van der Waals surface area contributed by atoms with Gasteiger partial charge in [-0.25, -0.2) is 0 Å². The lowest BCUT2D eigenvalue weighted by Crippen LogP contribution is -2.45. The predicted octanol–water partition coefficient (Wildman–Crippen LogP) is 4.72.